The van der Waals surface area contributed by atoms with E-state index in [0.717, 1.165) is 36.2 Å². The molecule has 0 saturated carbocycles. The summed E-state index contributed by atoms with van der Waals surface area (Å²) in [4.78, 5) is 15.8. The van der Waals surface area contributed by atoms with Gasteiger partial charge in [0.25, 0.3) is 0 Å². The Morgan fingerprint density at radius 2 is 1.88 bits per heavy atom. The lowest BCUT2D eigenvalue weighted by atomic mass is 10.2. The minimum Gasteiger partial charge on any atom is -0.356 e. The fourth-order valence-corrected chi connectivity index (χ4v) is 2.89. The molecule has 0 bridgehead atoms. The number of aromatic nitrogens is 2. The second-order valence-corrected chi connectivity index (χ2v) is 6.03. The molecule has 3 aromatic rings. The molecule has 0 atom stereocenters. The molecule has 4 heteroatoms. The van der Waals surface area contributed by atoms with Crippen molar-refractivity contribution in [3.05, 3.63) is 72.1 Å². The van der Waals surface area contributed by atoms with E-state index in [1.54, 1.807) is 6.92 Å². The Morgan fingerprint density at radius 3 is 2.68 bits per heavy atom. The van der Waals surface area contributed by atoms with E-state index in [2.05, 4.69) is 40.2 Å². The molecule has 0 fully saturated rings. The van der Waals surface area contributed by atoms with Crippen LogP contribution in [0.5, 0.6) is 0 Å². The molecule has 0 aliphatic carbocycles. The highest BCUT2D eigenvalue weighted by molar-refractivity contribution is 5.76. The van der Waals surface area contributed by atoms with E-state index in [4.69, 9.17) is 4.98 Å². The third-order valence-corrected chi connectivity index (χ3v) is 4.08. The lowest BCUT2D eigenvalue weighted by Crippen LogP contribution is -2.21. The van der Waals surface area contributed by atoms with Crippen LogP contribution in [0.3, 0.4) is 0 Å². The number of fused-ring (bicyclic) bond motifs is 1. The van der Waals surface area contributed by atoms with Gasteiger partial charge in [-0.1, -0.05) is 54.6 Å². The summed E-state index contributed by atoms with van der Waals surface area (Å²) in [6.07, 6.45) is 6.02. The maximum atomic E-state index is 11.0. The topological polar surface area (TPSA) is 46.9 Å². The zero-order valence-electron chi connectivity index (χ0n) is 14.5. The largest absolute Gasteiger partial charge is 0.356 e. The molecule has 4 nitrogen and oxygen atoms in total. The Morgan fingerprint density at radius 1 is 1.12 bits per heavy atom. The lowest BCUT2D eigenvalue weighted by Gasteiger charge is -2.07. The average molecular weight is 333 g/mol. The molecule has 128 valence electrons. The number of nitrogens with zero attached hydrogens (tertiary/aromatic N) is 2. The van der Waals surface area contributed by atoms with E-state index in [9.17, 15) is 4.79 Å². The number of benzene rings is 2. The van der Waals surface area contributed by atoms with Crippen molar-refractivity contribution in [1.29, 1.82) is 0 Å². The van der Waals surface area contributed by atoms with Crippen molar-refractivity contribution in [2.24, 2.45) is 0 Å². The normalized spacial score (nSPS) is 11.2. The van der Waals surface area contributed by atoms with Crippen LogP contribution in [0.25, 0.3) is 17.1 Å². The second-order valence-electron chi connectivity index (χ2n) is 6.03. The summed E-state index contributed by atoms with van der Waals surface area (Å²) in [6, 6.07) is 18.5. The molecule has 0 unspecified atom stereocenters. The van der Waals surface area contributed by atoms with Gasteiger partial charge in [0, 0.05) is 26.4 Å². The highest BCUT2D eigenvalue weighted by Gasteiger charge is 2.09. The summed E-state index contributed by atoms with van der Waals surface area (Å²) in [5.74, 6) is 1.07. The van der Waals surface area contributed by atoms with E-state index < -0.39 is 0 Å². The highest BCUT2D eigenvalue weighted by atomic mass is 16.1. The van der Waals surface area contributed by atoms with Gasteiger partial charge < -0.3 is 9.88 Å². The standard InChI is InChI=1S/C21H23N3O/c1-17(25)22-15-7-14-21-23-19-12-5-6-13-20(19)24(21)16-8-11-18-9-3-2-4-10-18/h2-6,8-13H,7,14-16H2,1H3,(H,22,25)/b11-8+. The predicted octanol–water partition coefficient (Wildman–Crippen LogP) is 3.82. The van der Waals surface area contributed by atoms with Crippen molar-refractivity contribution in [3.63, 3.8) is 0 Å². The number of hydrogen-bond acceptors (Lipinski definition) is 2. The fraction of sp³-hybridized carbons (Fsp3) is 0.238. The van der Waals surface area contributed by atoms with Crippen LogP contribution in [-0.4, -0.2) is 22.0 Å². The number of aryl methyl sites for hydroxylation is 1. The van der Waals surface area contributed by atoms with E-state index in [0.29, 0.717) is 6.54 Å². The van der Waals surface area contributed by atoms with Gasteiger partial charge >= 0.3 is 0 Å². The van der Waals surface area contributed by atoms with E-state index in [1.807, 2.05) is 36.4 Å². The van der Waals surface area contributed by atoms with Crippen LogP contribution in [0.4, 0.5) is 0 Å². The minimum atomic E-state index is 0.0132. The van der Waals surface area contributed by atoms with Crippen molar-refractivity contribution in [1.82, 2.24) is 14.9 Å². The summed E-state index contributed by atoms with van der Waals surface area (Å²) < 4.78 is 2.25. The maximum absolute atomic E-state index is 11.0. The Bertz CT molecular complexity index is 865. The molecular weight excluding hydrogens is 310 g/mol. The number of carbonyl (C=O) groups excluding carboxylic acids is 1. The fourth-order valence-electron chi connectivity index (χ4n) is 2.89. The van der Waals surface area contributed by atoms with Gasteiger partial charge in [0.1, 0.15) is 5.82 Å². The number of carbonyl (C=O) groups is 1. The van der Waals surface area contributed by atoms with Crippen molar-refractivity contribution in [2.45, 2.75) is 26.3 Å². The van der Waals surface area contributed by atoms with E-state index in [-0.39, 0.29) is 5.91 Å². The third kappa shape index (κ3) is 4.57. The van der Waals surface area contributed by atoms with Crippen molar-refractivity contribution in [3.8, 4) is 0 Å². The number of imidazole rings is 1. The maximum Gasteiger partial charge on any atom is 0.216 e. The van der Waals surface area contributed by atoms with Crippen LogP contribution in [0.1, 0.15) is 24.7 Å². The summed E-state index contributed by atoms with van der Waals surface area (Å²) >= 11 is 0. The van der Waals surface area contributed by atoms with E-state index in [1.165, 1.54) is 5.56 Å². The van der Waals surface area contributed by atoms with Crippen LogP contribution >= 0.6 is 0 Å². The quantitative estimate of drug-likeness (QED) is 0.668. The molecule has 1 amide bonds. The summed E-state index contributed by atoms with van der Waals surface area (Å²) in [7, 11) is 0. The van der Waals surface area contributed by atoms with Crippen LogP contribution < -0.4 is 5.32 Å². The van der Waals surface area contributed by atoms with Crippen LogP contribution in [0, 0.1) is 0 Å². The van der Waals surface area contributed by atoms with Crippen LogP contribution in [0.15, 0.2) is 60.7 Å². The predicted molar refractivity (Wildman–Crippen MR) is 102 cm³/mol. The third-order valence-electron chi connectivity index (χ3n) is 4.08. The Labute approximate surface area is 148 Å². The number of nitrogens with one attached hydrogen (secondary N) is 1. The summed E-state index contributed by atoms with van der Waals surface area (Å²) in [6.45, 7) is 3.01. The smallest absolute Gasteiger partial charge is 0.216 e. The lowest BCUT2D eigenvalue weighted by molar-refractivity contribution is -0.118. The van der Waals surface area contributed by atoms with Gasteiger partial charge in [-0.2, -0.15) is 0 Å². The van der Waals surface area contributed by atoms with Gasteiger partial charge in [-0.25, -0.2) is 4.98 Å². The molecule has 0 aliphatic heterocycles. The number of hydrogen-bond donors (Lipinski definition) is 1. The van der Waals surface area contributed by atoms with Gasteiger partial charge in [0.05, 0.1) is 11.0 Å². The zero-order chi connectivity index (χ0) is 17.5. The summed E-state index contributed by atoms with van der Waals surface area (Å²) in [5, 5.41) is 2.84. The molecule has 0 saturated heterocycles. The first-order valence-electron chi connectivity index (χ1n) is 8.64. The summed E-state index contributed by atoms with van der Waals surface area (Å²) in [5.41, 5.74) is 3.36. The molecular formula is C21H23N3O. The molecule has 3 rings (SSSR count). The van der Waals surface area contributed by atoms with E-state index >= 15 is 0 Å². The second kappa shape index (κ2) is 8.29. The highest BCUT2D eigenvalue weighted by Crippen LogP contribution is 2.17. The molecule has 25 heavy (non-hydrogen) atoms. The average Bonchev–Trinajstić information content (AvgIpc) is 2.97. The van der Waals surface area contributed by atoms with Gasteiger partial charge in [-0.3, -0.25) is 4.79 Å². The minimum absolute atomic E-state index is 0.0132. The first kappa shape index (κ1) is 17.0. The molecule has 0 radical (unpaired) electrons. The van der Waals surface area contributed by atoms with Crippen molar-refractivity contribution < 1.29 is 4.79 Å². The van der Waals surface area contributed by atoms with Gasteiger partial charge in [0.2, 0.25) is 5.91 Å². The number of rotatable bonds is 7. The van der Waals surface area contributed by atoms with Crippen molar-refractivity contribution in [2.75, 3.05) is 6.54 Å². The Hall–Kier alpha value is -2.88. The Kier molecular flexibility index (Phi) is 5.62. The number of para-hydroxylation sites is 2. The molecule has 1 aromatic heterocycles. The first-order valence-corrected chi connectivity index (χ1v) is 8.64. The van der Waals surface area contributed by atoms with Crippen LogP contribution in [0.2, 0.25) is 0 Å². The Balaban J connectivity index is 1.75. The molecule has 1 heterocycles. The monoisotopic (exact) mass is 333 g/mol. The van der Waals surface area contributed by atoms with Gasteiger partial charge in [0.15, 0.2) is 0 Å². The number of amides is 1. The van der Waals surface area contributed by atoms with Crippen LogP contribution in [-0.2, 0) is 17.8 Å². The molecule has 2 aromatic carbocycles. The molecule has 0 aliphatic rings. The van der Waals surface area contributed by atoms with Crippen molar-refractivity contribution >= 4 is 23.0 Å². The van der Waals surface area contributed by atoms with Gasteiger partial charge in [-0.05, 0) is 24.1 Å². The zero-order valence-corrected chi connectivity index (χ0v) is 14.5. The molecule has 0 spiro atoms. The van der Waals surface area contributed by atoms with Gasteiger partial charge in [-0.15, -0.1) is 0 Å². The SMILES string of the molecule is CC(=O)NCCCc1nc2ccccc2n1C/C=C/c1ccccc1. The molecule has 1 N–H and O–H groups in total. The first-order chi connectivity index (χ1) is 12.2. The number of allylic oxidation sites excluding steroid dienone is 1.